The lowest BCUT2D eigenvalue weighted by Crippen LogP contribution is -1.99. The molecular formula is C8H17Cl. The maximum atomic E-state index is 4.64. The predicted molar refractivity (Wildman–Crippen MR) is 44.0 cm³/mol. The summed E-state index contributed by atoms with van der Waals surface area (Å²) >= 11 is 4.64. The predicted octanol–water partition coefficient (Wildman–Crippen LogP) is 3.44. The Morgan fingerprint density at radius 2 is 1.44 bits per heavy atom. The second-order valence-electron chi connectivity index (χ2n) is 2.74. The van der Waals surface area contributed by atoms with Gasteiger partial charge in [0.1, 0.15) is 0 Å². The van der Waals surface area contributed by atoms with Crippen molar-refractivity contribution in [1.29, 1.82) is 0 Å². The molecule has 1 aliphatic rings. The molecule has 1 aliphatic carbocycles. The van der Waals surface area contributed by atoms with E-state index in [1.807, 2.05) is 0 Å². The van der Waals surface area contributed by atoms with E-state index in [0.29, 0.717) is 0 Å². The van der Waals surface area contributed by atoms with Crippen LogP contribution in [0.3, 0.4) is 0 Å². The minimum atomic E-state index is 1.04. The van der Waals surface area contributed by atoms with Crippen LogP contribution in [0.1, 0.15) is 39.0 Å². The van der Waals surface area contributed by atoms with Gasteiger partial charge in [0.2, 0.25) is 0 Å². The van der Waals surface area contributed by atoms with Crippen molar-refractivity contribution in [2.75, 3.05) is 6.38 Å². The van der Waals surface area contributed by atoms with E-state index >= 15 is 0 Å². The molecule has 0 aliphatic heterocycles. The summed E-state index contributed by atoms with van der Waals surface area (Å²) in [5.41, 5.74) is 0. The highest BCUT2D eigenvalue weighted by Gasteiger charge is 2.05. The summed E-state index contributed by atoms with van der Waals surface area (Å²) in [6.45, 7) is 2.36. The number of rotatable bonds is 0. The molecule has 0 saturated heterocycles. The first-order valence-electron chi connectivity index (χ1n) is 3.77. The van der Waals surface area contributed by atoms with Crippen LogP contribution in [0, 0.1) is 5.92 Å². The zero-order chi connectivity index (χ0) is 7.11. The standard InChI is InChI=1S/C7H14.CH3Cl/c1-7-5-3-2-4-6-7;1-2/h7H,2-6H2,1H3;1H3. The Labute approximate surface area is 63.6 Å². The molecule has 1 fully saturated rings. The zero-order valence-corrected chi connectivity index (χ0v) is 7.25. The van der Waals surface area contributed by atoms with Crippen molar-refractivity contribution in [3.8, 4) is 0 Å². The van der Waals surface area contributed by atoms with Gasteiger partial charge in [-0.2, -0.15) is 0 Å². The van der Waals surface area contributed by atoms with E-state index in [9.17, 15) is 0 Å². The number of alkyl halides is 1. The van der Waals surface area contributed by atoms with E-state index in [-0.39, 0.29) is 0 Å². The van der Waals surface area contributed by atoms with Gasteiger partial charge in [-0.25, -0.2) is 0 Å². The molecular weight excluding hydrogens is 132 g/mol. The van der Waals surface area contributed by atoms with Crippen LogP contribution in [0.25, 0.3) is 0 Å². The van der Waals surface area contributed by atoms with Crippen molar-refractivity contribution in [2.45, 2.75) is 39.0 Å². The fourth-order valence-electron chi connectivity index (χ4n) is 1.31. The molecule has 0 aromatic rings. The summed E-state index contributed by atoms with van der Waals surface area (Å²) in [7, 11) is 0. The van der Waals surface area contributed by atoms with Crippen LogP contribution < -0.4 is 0 Å². The van der Waals surface area contributed by atoms with E-state index in [4.69, 9.17) is 0 Å². The third-order valence-corrected chi connectivity index (χ3v) is 1.89. The Balaban J connectivity index is 0.000000291. The molecule has 0 bridgehead atoms. The Bertz CT molecular complexity index is 46.5. The van der Waals surface area contributed by atoms with Crippen LogP contribution in [0.4, 0.5) is 0 Å². The Morgan fingerprint density at radius 3 is 1.67 bits per heavy atom. The minimum absolute atomic E-state index is 1.04. The zero-order valence-electron chi connectivity index (χ0n) is 6.49. The van der Waals surface area contributed by atoms with Gasteiger partial charge in [0.15, 0.2) is 0 Å². The molecule has 0 unspecified atom stereocenters. The highest BCUT2D eigenvalue weighted by Crippen LogP contribution is 2.21. The van der Waals surface area contributed by atoms with Crippen molar-refractivity contribution >= 4 is 11.6 Å². The van der Waals surface area contributed by atoms with Gasteiger partial charge in [0, 0.05) is 6.38 Å². The Kier molecular flexibility index (Phi) is 6.62. The van der Waals surface area contributed by atoms with Gasteiger partial charge in [-0.05, 0) is 5.92 Å². The summed E-state index contributed by atoms with van der Waals surface area (Å²) < 4.78 is 0. The third kappa shape index (κ3) is 4.77. The summed E-state index contributed by atoms with van der Waals surface area (Å²) in [4.78, 5) is 0. The maximum Gasteiger partial charge on any atom is 0.0108 e. The molecule has 1 rings (SSSR count). The Hall–Kier alpha value is 0.290. The maximum absolute atomic E-state index is 4.64. The van der Waals surface area contributed by atoms with Gasteiger partial charge < -0.3 is 0 Å². The van der Waals surface area contributed by atoms with Crippen molar-refractivity contribution in [3.05, 3.63) is 0 Å². The van der Waals surface area contributed by atoms with Gasteiger partial charge in [-0.1, -0.05) is 39.0 Å². The molecule has 56 valence electrons. The van der Waals surface area contributed by atoms with E-state index in [1.54, 1.807) is 0 Å². The van der Waals surface area contributed by atoms with Gasteiger partial charge >= 0.3 is 0 Å². The number of hydrogen-bond acceptors (Lipinski definition) is 0. The van der Waals surface area contributed by atoms with Crippen molar-refractivity contribution in [3.63, 3.8) is 0 Å². The smallest absolute Gasteiger partial charge is 0.0108 e. The average molecular weight is 149 g/mol. The average Bonchev–Trinajstić information content (AvgIpc) is 1.94. The fraction of sp³-hybridized carbons (Fsp3) is 1.00. The molecule has 0 nitrogen and oxygen atoms in total. The summed E-state index contributed by atoms with van der Waals surface area (Å²) in [5.74, 6) is 1.04. The first-order chi connectivity index (χ1) is 4.39. The third-order valence-electron chi connectivity index (χ3n) is 1.89. The molecule has 0 amide bonds. The van der Waals surface area contributed by atoms with Crippen LogP contribution in [0.5, 0.6) is 0 Å². The van der Waals surface area contributed by atoms with Crippen molar-refractivity contribution in [2.24, 2.45) is 5.92 Å². The largest absolute Gasteiger partial charge is 0.130 e. The second kappa shape index (κ2) is 6.41. The molecule has 0 N–H and O–H groups in total. The summed E-state index contributed by atoms with van der Waals surface area (Å²) in [6, 6.07) is 0. The molecule has 0 atom stereocenters. The molecule has 0 spiro atoms. The lowest BCUT2D eigenvalue weighted by Gasteiger charge is -2.15. The first kappa shape index (κ1) is 9.29. The van der Waals surface area contributed by atoms with Gasteiger partial charge in [-0.3, -0.25) is 0 Å². The van der Waals surface area contributed by atoms with Crippen LogP contribution >= 0.6 is 11.6 Å². The highest BCUT2D eigenvalue weighted by molar-refractivity contribution is 6.15. The van der Waals surface area contributed by atoms with Crippen LogP contribution in [0.2, 0.25) is 0 Å². The molecule has 0 aromatic carbocycles. The molecule has 0 radical (unpaired) electrons. The molecule has 9 heavy (non-hydrogen) atoms. The van der Waals surface area contributed by atoms with E-state index in [2.05, 4.69) is 18.5 Å². The monoisotopic (exact) mass is 148 g/mol. The van der Waals surface area contributed by atoms with Gasteiger partial charge in [-0.15, -0.1) is 11.6 Å². The van der Waals surface area contributed by atoms with E-state index in [1.165, 1.54) is 38.5 Å². The van der Waals surface area contributed by atoms with E-state index in [0.717, 1.165) is 5.92 Å². The normalized spacial score (nSPS) is 20.3. The first-order valence-corrected chi connectivity index (χ1v) is 4.53. The summed E-state index contributed by atoms with van der Waals surface area (Å²) in [5, 5.41) is 0. The molecule has 1 saturated carbocycles. The molecule has 1 heteroatoms. The van der Waals surface area contributed by atoms with Gasteiger partial charge in [0.05, 0.1) is 0 Å². The van der Waals surface area contributed by atoms with Crippen LogP contribution in [-0.4, -0.2) is 6.38 Å². The number of hydrogen-bond donors (Lipinski definition) is 0. The van der Waals surface area contributed by atoms with Crippen LogP contribution in [-0.2, 0) is 0 Å². The van der Waals surface area contributed by atoms with E-state index < -0.39 is 0 Å². The fourth-order valence-corrected chi connectivity index (χ4v) is 1.31. The highest BCUT2D eigenvalue weighted by atomic mass is 35.5. The Morgan fingerprint density at radius 1 is 1.00 bits per heavy atom. The topological polar surface area (TPSA) is 0 Å². The second-order valence-corrected chi connectivity index (χ2v) is 2.74. The quantitative estimate of drug-likeness (QED) is 0.462. The molecule has 0 heterocycles. The summed E-state index contributed by atoms with van der Waals surface area (Å²) in [6.07, 6.45) is 8.91. The van der Waals surface area contributed by atoms with Crippen molar-refractivity contribution in [1.82, 2.24) is 0 Å². The van der Waals surface area contributed by atoms with Crippen molar-refractivity contribution < 1.29 is 0 Å². The molecule has 0 aromatic heterocycles. The SMILES string of the molecule is CC1CCCCC1.CCl. The lowest BCUT2D eigenvalue weighted by molar-refractivity contribution is 0.385. The lowest BCUT2D eigenvalue weighted by atomic mass is 9.91. The minimum Gasteiger partial charge on any atom is -0.130 e. The van der Waals surface area contributed by atoms with Crippen LogP contribution in [0.15, 0.2) is 0 Å². The van der Waals surface area contributed by atoms with Gasteiger partial charge in [0.25, 0.3) is 0 Å². The number of halogens is 1.